The standard InChI is InChI=1S/C34H34N8O2/c1-40-31-26(12-22(14-29(31)44-2)34(43)42-17-21-7-10-27(42)30(21)35)38-33(40)28-13-20-6-8-24(37-32(20)41(28)16-18-3-4-18)19-5-9-25-23(11-19)15-36-39-25/h5-6,8-9,11-15,18,21,27,30H,3-4,7,10,16-17,35H2,1-2H3,(H,36,39)/t21?,27?,30-/m1/s1. The first-order valence-corrected chi connectivity index (χ1v) is 15.5. The Morgan fingerprint density at radius 1 is 1.05 bits per heavy atom. The SMILES string of the molecule is COc1cc(C(=O)N2CC3CCC2[C@@H]3N)cc2nc(-c3cc4ccc(-c5ccc6[nH]ncc6c5)nc4n3CC3CC3)n(C)c12. The number of pyridine rings is 1. The first kappa shape index (κ1) is 25.8. The van der Waals surface area contributed by atoms with Crippen molar-refractivity contribution in [3.63, 3.8) is 0 Å². The van der Waals surface area contributed by atoms with Gasteiger partial charge in [0.25, 0.3) is 5.91 Å². The zero-order chi connectivity index (χ0) is 29.7. The van der Waals surface area contributed by atoms with E-state index < -0.39 is 0 Å². The molecule has 2 aromatic carbocycles. The van der Waals surface area contributed by atoms with Crippen molar-refractivity contribution in [2.45, 2.75) is 44.3 Å². The molecule has 2 saturated carbocycles. The summed E-state index contributed by atoms with van der Waals surface area (Å²) in [6, 6.07) is 16.6. The largest absolute Gasteiger partial charge is 0.494 e. The van der Waals surface area contributed by atoms with Crippen molar-refractivity contribution in [1.29, 1.82) is 0 Å². The van der Waals surface area contributed by atoms with E-state index in [1.165, 1.54) is 12.8 Å². The van der Waals surface area contributed by atoms with Crippen LogP contribution in [0.15, 0.2) is 54.7 Å². The lowest BCUT2D eigenvalue weighted by Gasteiger charge is -2.27. The van der Waals surface area contributed by atoms with Crippen molar-refractivity contribution in [2.24, 2.45) is 24.6 Å². The molecule has 3 N–H and O–H groups in total. The Morgan fingerprint density at radius 3 is 2.70 bits per heavy atom. The van der Waals surface area contributed by atoms with Gasteiger partial charge in [0.1, 0.15) is 16.9 Å². The molecule has 44 heavy (non-hydrogen) atoms. The molecule has 3 atom stereocenters. The lowest BCUT2D eigenvalue weighted by Crippen LogP contribution is -2.41. The van der Waals surface area contributed by atoms with E-state index in [4.69, 9.17) is 20.4 Å². The molecule has 9 rings (SSSR count). The summed E-state index contributed by atoms with van der Waals surface area (Å²) in [7, 11) is 3.67. The summed E-state index contributed by atoms with van der Waals surface area (Å²) >= 11 is 0. The molecule has 0 spiro atoms. The number of aromatic nitrogens is 6. The number of nitrogens with zero attached hydrogens (tertiary/aromatic N) is 6. The van der Waals surface area contributed by atoms with Crippen LogP contribution >= 0.6 is 0 Å². The predicted octanol–water partition coefficient (Wildman–Crippen LogP) is 5.11. The van der Waals surface area contributed by atoms with Crippen LogP contribution in [0.4, 0.5) is 0 Å². The highest BCUT2D eigenvalue weighted by Gasteiger charge is 2.47. The van der Waals surface area contributed by atoms with E-state index in [1.54, 1.807) is 7.11 Å². The number of nitrogens with two attached hydrogens (primary N) is 1. The number of aromatic amines is 1. The lowest BCUT2D eigenvalue weighted by molar-refractivity contribution is 0.0700. The van der Waals surface area contributed by atoms with Gasteiger partial charge >= 0.3 is 0 Å². The topological polar surface area (TPSA) is 120 Å². The second-order valence-corrected chi connectivity index (χ2v) is 12.8. The van der Waals surface area contributed by atoms with Crippen molar-refractivity contribution in [2.75, 3.05) is 13.7 Å². The quantitative estimate of drug-likeness (QED) is 0.280. The third-order valence-corrected chi connectivity index (χ3v) is 10.2. The summed E-state index contributed by atoms with van der Waals surface area (Å²) in [5.41, 5.74) is 13.6. The number of carbonyl (C=O) groups is 1. The summed E-state index contributed by atoms with van der Waals surface area (Å²) in [4.78, 5) is 26.0. The van der Waals surface area contributed by atoms with Crippen molar-refractivity contribution in [3.8, 4) is 28.5 Å². The van der Waals surface area contributed by atoms with Crippen molar-refractivity contribution in [3.05, 3.63) is 60.3 Å². The van der Waals surface area contributed by atoms with Crippen molar-refractivity contribution >= 4 is 38.9 Å². The third-order valence-electron chi connectivity index (χ3n) is 10.2. The highest BCUT2D eigenvalue weighted by atomic mass is 16.5. The Kier molecular flexibility index (Phi) is 5.50. The smallest absolute Gasteiger partial charge is 0.254 e. The van der Waals surface area contributed by atoms with Crippen LogP contribution in [0, 0.1) is 11.8 Å². The van der Waals surface area contributed by atoms with E-state index in [0.29, 0.717) is 23.1 Å². The first-order chi connectivity index (χ1) is 21.5. The number of amides is 1. The van der Waals surface area contributed by atoms with Gasteiger partial charge in [-0.2, -0.15) is 5.10 Å². The highest BCUT2D eigenvalue weighted by molar-refractivity contribution is 6.00. The number of hydrogen-bond donors (Lipinski definition) is 2. The van der Waals surface area contributed by atoms with Crippen LogP contribution in [0.2, 0.25) is 0 Å². The van der Waals surface area contributed by atoms with E-state index in [9.17, 15) is 4.79 Å². The molecule has 4 aromatic heterocycles. The molecule has 3 fully saturated rings. The van der Waals surface area contributed by atoms with Gasteiger partial charge in [0.2, 0.25) is 0 Å². The van der Waals surface area contributed by atoms with Crippen LogP contribution in [0.25, 0.3) is 55.7 Å². The van der Waals surface area contributed by atoms with Crippen LogP contribution in [0.1, 0.15) is 36.0 Å². The fourth-order valence-electron chi connectivity index (χ4n) is 7.59. The molecular formula is C34H34N8O2. The number of rotatable bonds is 6. The molecule has 1 aliphatic heterocycles. The molecule has 2 unspecified atom stereocenters. The van der Waals surface area contributed by atoms with Gasteiger partial charge in [-0.15, -0.1) is 0 Å². The number of benzene rings is 2. The fraction of sp³-hybridized carbons (Fsp3) is 0.353. The molecule has 222 valence electrons. The molecule has 5 heterocycles. The van der Waals surface area contributed by atoms with Crippen LogP contribution in [0.5, 0.6) is 5.75 Å². The van der Waals surface area contributed by atoms with E-state index in [-0.39, 0.29) is 18.0 Å². The van der Waals surface area contributed by atoms with Gasteiger partial charge in [-0.25, -0.2) is 9.97 Å². The Morgan fingerprint density at radius 2 is 1.93 bits per heavy atom. The zero-order valence-corrected chi connectivity index (χ0v) is 24.8. The Hall–Kier alpha value is -4.70. The summed E-state index contributed by atoms with van der Waals surface area (Å²) in [6.07, 6.45) is 6.37. The Balaban J connectivity index is 1.16. The number of fused-ring (bicyclic) bond motifs is 5. The maximum absolute atomic E-state index is 13.7. The van der Waals surface area contributed by atoms with E-state index in [2.05, 4.69) is 49.7 Å². The van der Waals surface area contributed by atoms with E-state index in [1.807, 2.05) is 36.3 Å². The number of nitrogens with one attached hydrogen (secondary N) is 1. The van der Waals surface area contributed by atoms with Crippen LogP contribution < -0.4 is 10.5 Å². The number of likely N-dealkylation sites (tertiary alicyclic amines) is 1. The molecule has 2 bridgehead atoms. The minimum atomic E-state index is 0.00763. The lowest BCUT2D eigenvalue weighted by atomic mass is 10.1. The average Bonchev–Trinajstić information content (AvgIpc) is 3.34. The first-order valence-electron chi connectivity index (χ1n) is 15.5. The van der Waals surface area contributed by atoms with E-state index in [0.717, 1.165) is 81.7 Å². The van der Waals surface area contributed by atoms with Crippen LogP contribution in [-0.4, -0.2) is 65.8 Å². The van der Waals surface area contributed by atoms with Crippen LogP contribution in [0.3, 0.4) is 0 Å². The second-order valence-electron chi connectivity index (χ2n) is 12.8. The molecule has 6 aromatic rings. The van der Waals surface area contributed by atoms with Gasteiger partial charge in [-0.1, -0.05) is 6.07 Å². The molecule has 10 heteroatoms. The molecule has 0 radical (unpaired) electrons. The van der Waals surface area contributed by atoms with Crippen molar-refractivity contribution in [1.82, 2.24) is 34.2 Å². The fourth-order valence-corrected chi connectivity index (χ4v) is 7.59. The molecule has 1 amide bonds. The second kappa shape index (κ2) is 9.40. The number of aryl methyl sites for hydroxylation is 1. The third kappa shape index (κ3) is 3.83. The number of methoxy groups -OCH3 is 1. The van der Waals surface area contributed by atoms with Gasteiger partial charge in [0.05, 0.1) is 35.7 Å². The number of H-pyrrole nitrogens is 1. The average molecular weight is 587 g/mol. The zero-order valence-electron chi connectivity index (χ0n) is 24.8. The molecular weight excluding hydrogens is 552 g/mol. The summed E-state index contributed by atoms with van der Waals surface area (Å²) in [6.45, 7) is 1.61. The summed E-state index contributed by atoms with van der Waals surface area (Å²) in [5, 5.41) is 9.33. The predicted molar refractivity (Wildman–Crippen MR) is 169 cm³/mol. The molecule has 1 saturated heterocycles. The Labute approximate surface area is 253 Å². The maximum Gasteiger partial charge on any atom is 0.254 e. The number of piperidine rings is 1. The van der Waals surface area contributed by atoms with Gasteiger partial charge in [-0.05, 0) is 80.0 Å². The molecule has 3 aliphatic rings. The maximum atomic E-state index is 13.7. The van der Waals surface area contributed by atoms with Gasteiger partial charge < -0.3 is 24.5 Å². The monoisotopic (exact) mass is 586 g/mol. The number of ether oxygens (including phenoxy) is 1. The number of imidazole rings is 1. The molecule has 10 nitrogen and oxygen atoms in total. The van der Waals surface area contributed by atoms with Gasteiger partial charge in [0, 0.05) is 54.1 Å². The van der Waals surface area contributed by atoms with Crippen molar-refractivity contribution < 1.29 is 9.53 Å². The summed E-state index contributed by atoms with van der Waals surface area (Å²) < 4.78 is 10.3. The Bertz CT molecular complexity index is 2120. The normalized spacial score (nSPS) is 21.3. The van der Waals surface area contributed by atoms with Gasteiger partial charge in [0.15, 0.2) is 5.82 Å². The summed E-state index contributed by atoms with van der Waals surface area (Å²) in [5.74, 6) is 2.50. The van der Waals surface area contributed by atoms with Crippen LogP contribution in [-0.2, 0) is 13.6 Å². The minimum Gasteiger partial charge on any atom is -0.494 e. The number of hydrogen-bond acceptors (Lipinski definition) is 6. The minimum absolute atomic E-state index is 0.00763. The highest BCUT2D eigenvalue weighted by Crippen LogP contribution is 2.40. The molecule has 2 aliphatic carbocycles. The van der Waals surface area contributed by atoms with E-state index >= 15 is 0 Å². The van der Waals surface area contributed by atoms with Gasteiger partial charge in [-0.3, -0.25) is 9.89 Å². The number of carbonyl (C=O) groups excluding carboxylic acids is 1.